The summed E-state index contributed by atoms with van der Waals surface area (Å²) < 4.78 is 17.9. The second kappa shape index (κ2) is 7.36. The molecule has 1 aromatic rings. The van der Waals surface area contributed by atoms with E-state index in [0.717, 1.165) is 57.7 Å². The molecule has 0 amide bonds. The van der Waals surface area contributed by atoms with Crippen molar-refractivity contribution < 1.29 is 19.0 Å². The van der Waals surface area contributed by atoms with Crippen LogP contribution >= 0.6 is 0 Å². The Labute approximate surface area is 191 Å². The molecule has 0 bridgehead atoms. The molecule has 0 aromatic heterocycles. The van der Waals surface area contributed by atoms with Gasteiger partial charge in [0.1, 0.15) is 17.5 Å². The van der Waals surface area contributed by atoms with Gasteiger partial charge in [-0.1, -0.05) is 6.92 Å². The highest BCUT2D eigenvalue weighted by Crippen LogP contribution is 2.66. The average Bonchev–Trinajstić information content (AvgIpc) is 3.44. The third kappa shape index (κ3) is 3.02. The number of rotatable bonds is 4. The zero-order valence-electron chi connectivity index (χ0n) is 19.6. The van der Waals surface area contributed by atoms with Crippen LogP contribution in [0.2, 0.25) is 0 Å². The largest absolute Gasteiger partial charge is 0.497 e. The Balaban J connectivity index is 1.14. The number of epoxide rings is 1. The highest BCUT2D eigenvalue weighted by molar-refractivity contribution is 5.77. The molecule has 2 saturated carbocycles. The third-order valence-electron chi connectivity index (χ3n) is 9.36. The Bertz CT molecular complexity index is 882. The topological polar surface area (TPSA) is 54.5 Å². The first-order valence-corrected chi connectivity index (χ1v) is 12.5. The number of methoxy groups -OCH3 is 1. The number of benzene rings is 1. The van der Waals surface area contributed by atoms with E-state index in [-0.39, 0.29) is 29.2 Å². The molecule has 32 heavy (non-hydrogen) atoms. The van der Waals surface area contributed by atoms with Crippen LogP contribution in [0.4, 0.5) is 5.69 Å². The maximum Gasteiger partial charge on any atom is 0.311 e. The van der Waals surface area contributed by atoms with Gasteiger partial charge >= 0.3 is 5.97 Å². The summed E-state index contributed by atoms with van der Waals surface area (Å²) in [7, 11) is 1.70. The van der Waals surface area contributed by atoms with Gasteiger partial charge in [0.2, 0.25) is 0 Å². The molecular formula is C26H36N2O4. The Hall–Kier alpha value is -1.79. The van der Waals surface area contributed by atoms with Crippen LogP contribution in [-0.2, 0) is 14.3 Å². The van der Waals surface area contributed by atoms with E-state index in [2.05, 4.69) is 35.8 Å². The van der Waals surface area contributed by atoms with Crippen molar-refractivity contribution in [3.63, 3.8) is 0 Å². The van der Waals surface area contributed by atoms with Crippen molar-refractivity contribution >= 4 is 11.7 Å². The minimum absolute atomic E-state index is 0.0101. The first-order valence-electron chi connectivity index (χ1n) is 12.5. The summed E-state index contributed by atoms with van der Waals surface area (Å²) in [4.78, 5) is 18.2. The van der Waals surface area contributed by atoms with Gasteiger partial charge < -0.3 is 19.1 Å². The number of esters is 1. The van der Waals surface area contributed by atoms with Crippen molar-refractivity contribution in [2.75, 3.05) is 44.7 Å². The summed E-state index contributed by atoms with van der Waals surface area (Å²) in [6.45, 7) is 9.32. The predicted octanol–water partition coefficient (Wildman–Crippen LogP) is 3.34. The van der Waals surface area contributed by atoms with E-state index in [1.165, 1.54) is 12.1 Å². The van der Waals surface area contributed by atoms with E-state index >= 15 is 0 Å². The molecule has 1 spiro atoms. The van der Waals surface area contributed by atoms with Gasteiger partial charge in [0.15, 0.2) is 0 Å². The van der Waals surface area contributed by atoms with Gasteiger partial charge in [-0.3, -0.25) is 9.69 Å². The van der Waals surface area contributed by atoms with Gasteiger partial charge in [-0.15, -0.1) is 0 Å². The van der Waals surface area contributed by atoms with Gasteiger partial charge in [0.25, 0.3) is 0 Å². The fourth-order valence-electron chi connectivity index (χ4n) is 7.52. The minimum Gasteiger partial charge on any atom is -0.497 e. The normalized spacial score (nSPS) is 43.2. The van der Waals surface area contributed by atoms with E-state index in [1.807, 2.05) is 12.1 Å². The lowest BCUT2D eigenvalue weighted by Gasteiger charge is -2.50. The number of ether oxygens (including phenoxy) is 3. The third-order valence-corrected chi connectivity index (χ3v) is 9.36. The van der Waals surface area contributed by atoms with Gasteiger partial charge in [0, 0.05) is 50.2 Å². The SMILES string of the molecule is COc1ccc(N2CCN(C[C@@H]3C(=O)O[C@@]45[C@@H](CC[C@@]6(C)O[C@@H]46)[C@H](C)CC[C@@H]35)CC2)cc1. The number of anilines is 1. The smallest absolute Gasteiger partial charge is 0.311 e. The number of hydrogen-bond acceptors (Lipinski definition) is 6. The van der Waals surface area contributed by atoms with Crippen LogP contribution in [0.5, 0.6) is 5.75 Å². The second-order valence-electron chi connectivity index (χ2n) is 11.0. The van der Waals surface area contributed by atoms with E-state index in [9.17, 15) is 4.79 Å². The summed E-state index contributed by atoms with van der Waals surface area (Å²) in [6.07, 6.45) is 4.65. The first kappa shape index (κ1) is 20.8. The van der Waals surface area contributed by atoms with Crippen molar-refractivity contribution in [2.45, 2.75) is 56.8 Å². The fourth-order valence-corrected chi connectivity index (χ4v) is 7.52. The second-order valence-corrected chi connectivity index (χ2v) is 11.0. The number of carbonyl (C=O) groups is 1. The average molecular weight is 441 g/mol. The van der Waals surface area contributed by atoms with Crippen LogP contribution in [-0.4, -0.2) is 68.0 Å². The van der Waals surface area contributed by atoms with Crippen LogP contribution in [0.3, 0.4) is 0 Å². The minimum atomic E-state index is -0.364. The fraction of sp³-hybridized carbons (Fsp3) is 0.731. The number of hydrogen-bond donors (Lipinski definition) is 0. The van der Waals surface area contributed by atoms with Crippen molar-refractivity contribution in [1.29, 1.82) is 0 Å². The maximum atomic E-state index is 13.3. The Kier molecular flexibility index (Phi) is 4.78. The molecule has 6 rings (SSSR count). The molecule has 6 heteroatoms. The van der Waals surface area contributed by atoms with Crippen molar-refractivity contribution in [3.05, 3.63) is 24.3 Å². The number of fused-ring (bicyclic) bond motifs is 1. The van der Waals surface area contributed by atoms with Crippen LogP contribution in [0.25, 0.3) is 0 Å². The van der Waals surface area contributed by atoms with Crippen molar-refractivity contribution in [2.24, 2.45) is 23.7 Å². The van der Waals surface area contributed by atoms with Crippen LogP contribution in [0.15, 0.2) is 24.3 Å². The van der Waals surface area contributed by atoms with Gasteiger partial charge in [-0.05, 0) is 62.8 Å². The highest BCUT2D eigenvalue weighted by atomic mass is 16.7. The van der Waals surface area contributed by atoms with E-state index in [4.69, 9.17) is 14.2 Å². The Morgan fingerprint density at radius 3 is 2.53 bits per heavy atom. The van der Waals surface area contributed by atoms with E-state index < -0.39 is 0 Å². The molecule has 3 aliphatic heterocycles. The molecule has 7 atom stereocenters. The summed E-state index contributed by atoms with van der Waals surface area (Å²) in [6, 6.07) is 8.30. The predicted molar refractivity (Wildman–Crippen MR) is 122 cm³/mol. The molecule has 5 aliphatic rings. The van der Waals surface area contributed by atoms with Gasteiger partial charge in [-0.2, -0.15) is 0 Å². The van der Waals surface area contributed by atoms with Gasteiger partial charge in [0.05, 0.1) is 18.6 Å². The lowest BCUT2D eigenvalue weighted by molar-refractivity contribution is -0.168. The van der Waals surface area contributed by atoms with Gasteiger partial charge in [-0.25, -0.2) is 0 Å². The molecular weight excluding hydrogens is 404 g/mol. The molecule has 6 nitrogen and oxygen atoms in total. The monoisotopic (exact) mass is 440 g/mol. The van der Waals surface area contributed by atoms with Crippen LogP contribution in [0.1, 0.15) is 39.5 Å². The summed E-state index contributed by atoms with van der Waals surface area (Å²) in [5.41, 5.74) is 0.809. The lowest BCUT2D eigenvalue weighted by atomic mass is 9.55. The van der Waals surface area contributed by atoms with Crippen molar-refractivity contribution in [3.8, 4) is 5.75 Å². The Morgan fingerprint density at radius 1 is 1.06 bits per heavy atom. The van der Waals surface area contributed by atoms with E-state index in [0.29, 0.717) is 17.8 Å². The Morgan fingerprint density at radius 2 is 1.81 bits per heavy atom. The first-order chi connectivity index (χ1) is 15.4. The molecule has 0 N–H and O–H groups in total. The molecule has 1 aromatic carbocycles. The zero-order chi connectivity index (χ0) is 22.1. The molecule has 5 fully saturated rings. The highest BCUT2D eigenvalue weighted by Gasteiger charge is 2.77. The lowest BCUT2D eigenvalue weighted by Crippen LogP contribution is -2.58. The van der Waals surface area contributed by atoms with E-state index in [1.54, 1.807) is 7.11 Å². The maximum absolute atomic E-state index is 13.3. The standard InChI is InChI=1S/C26H36N2O4/c1-17-4-9-22-20(23(29)31-26(22)21(17)10-11-25(2)24(26)32-25)16-27-12-14-28(15-13-27)18-5-7-19(30-3)8-6-18/h5-8,17,20-22,24H,4,9-16H2,1-3H3/t17-,20+,21+,22+,24-,25-,26-/m1/s1. The molecule has 2 aliphatic carbocycles. The van der Waals surface area contributed by atoms with Crippen molar-refractivity contribution in [1.82, 2.24) is 4.90 Å². The molecule has 0 radical (unpaired) electrons. The number of carbonyl (C=O) groups excluding carboxylic acids is 1. The van der Waals surface area contributed by atoms with Crippen LogP contribution in [0, 0.1) is 23.7 Å². The molecule has 0 unspecified atom stereocenters. The van der Waals surface area contributed by atoms with Crippen LogP contribution < -0.4 is 9.64 Å². The molecule has 174 valence electrons. The number of nitrogens with zero attached hydrogens (tertiary/aromatic N) is 2. The number of piperazine rings is 1. The summed E-state index contributed by atoms with van der Waals surface area (Å²) in [5.74, 6) is 2.29. The molecule has 3 saturated heterocycles. The summed E-state index contributed by atoms with van der Waals surface area (Å²) >= 11 is 0. The zero-order valence-corrected chi connectivity index (χ0v) is 19.6. The summed E-state index contributed by atoms with van der Waals surface area (Å²) in [5, 5.41) is 0. The molecule has 3 heterocycles. The quantitative estimate of drug-likeness (QED) is 0.529.